The largest absolute Gasteiger partial charge is 0.494 e. The van der Waals surface area contributed by atoms with Crippen molar-refractivity contribution < 1.29 is 23.8 Å². The molecule has 1 amide bonds. The van der Waals surface area contributed by atoms with Gasteiger partial charge in [-0.05, 0) is 131 Å². The van der Waals surface area contributed by atoms with Crippen molar-refractivity contribution in [3.63, 3.8) is 0 Å². The number of carbonyl (C=O) groups excluding carboxylic acids is 2. The molecule has 0 saturated carbocycles. The van der Waals surface area contributed by atoms with Gasteiger partial charge in [0.15, 0.2) is 0 Å². The fourth-order valence-corrected chi connectivity index (χ4v) is 9.99. The van der Waals surface area contributed by atoms with E-state index in [9.17, 15) is 4.79 Å². The monoisotopic (exact) mass is 922 g/mol. The third kappa shape index (κ3) is 7.98. The summed E-state index contributed by atoms with van der Waals surface area (Å²) < 4.78 is 24.2. The van der Waals surface area contributed by atoms with Crippen molar-refractivity contribution in [1.29, 1.82) is 0 Å². The Morgan fingerprint density at radius 1 is 0.864 bits per heavy atom. The van der Waals surface area contributed by atoms with Crippen LogP contribution in [0.5, 0.6) is 11.5 Å². The summed E-state index contributed by atoms with van der Waals surface area (Å²) in [6.45, 7) is 13.4. The first-order valence-electron chi connectivity index (χ1n) is 22.2. The highest BCUT2D eigenvalue weighted by Gasteiger charge is 2.38. The first kappa shape index (κ1) is 44.6. The number of anilines is 1. The van der Waals surface area contributed by atoms with Gasteiger partial charge < -0.3 is 28.2 Å². The second-order valence-corrected chi connectivity index (χ2v) is 18.1. The van der Waals surface area contributed by atoms with Crippen LogP contribution in [0.1, 0.15) is 85.3 Å². The molecule has 0 aliphatic carbocycles. The Morgan fingerprint density at radius 3 is 2.32 bits per heavy atom. The van der Waals surface area contributed by atoms with Crippen molar-refractivity contribution in [1.82, 2.24) is 23.9 Å². The van der Waals surface area contributed by atoms with Crippen LogP contribution in [0, 0.1) is 34.6 Å². The van der Waals surface area contributed by atoms with E-state index in [1.807, 2.05) is 135 Å². The first-order valence-corrected chi connectivity index (χ1v) is 22.9. The number of ether oxygens (including phenoxy) is 3. The number of rotatable bonds is 13. The third-order valence-electron chi connectivity index (χ3n) is 12.8. The van der Waals surface area contributed by atoms with Gasteiger partial charge in [0.25, 0.3) is 5.91 Å². The van der Waals surface area contributed by atoms with Gasteiger partial charge in [0.05, 0.1) is 53.4 Å². The third-order valence-corrected chi connectivity index (χ3v) is 13.7. The predicted octanol–water partition coefficient (Wildman–Crippen LogP) is 11.9. The lowest BCUT2D eigenvalue weighted by Crippen LogP contribution is -2.43. The summed E-state index contributed by atoms with van der Waals surface area (Å²) in [6, 6.07) is 27.1. The number of aryl methyl sites for hydroxylation is 6. The van der Waals surface area contributed by atoms with Crippen molar-refractivity contribution in [3.05, 3.63) is 157 Å². The predicted molar refractivity (Wildman–Crippen MR) is 262 cm³/mol. The summed E-state index contributed by atoms with van der Waals surface area (Å²) in [6.07, 6.45) is 2.94. The van der Waals surface area contributed by atoms with Crippen LogP contribution in [-0.2, 0) is 31.4 Å². The smallest absolute Gasteiger partial charge is 0.354 e. The Morgan fingerprint density at radius 2 is 1.62 bits per heavy atom. The minimum absolute atomic E-state index is 0.175. The Kier molecular flexibility index (Phi) is 12.2. The molecule has 0 N–H and O–H groups in total. The molecule has 0 saturated heterocycles. The highest BCUT2D eigenvalue weighted by Crippen LogP contribution is 2.46. The zero-order chi connectivity index (χ0) is 46.6. The second-order valence-electron chi connectivity index (χ2n) is 17.3. The molecular weight excluding hydrogens is 872 g/mol. The van der Waals surface area contributed by atoms with Crippen LogP contribution in [0.4, 0.5) is 5.69 Å². The van der Waals surface area contributed by atoms with E-state index in [4.69, 9.17) is 42.5 Å². The van der Waals surface area contributed by atoms with E-state index in [-0.39, 0.29) is 18.5 Å². The van der Waals surface area contributed by atoms with E-state index >= 15 is 4.79 Å². The molecule has 4 aromatic carbocycles. The molecule has 5 heterocycles. The number of halogens is 2. The van der Waals surface area contributed by atoms with E-state index in [1.165, 1.54) is 7.11 Å². The number of hydrogen-bond donors (Lipinski definition) is 0. The Bertz CT molecular complexity index is 3180. The van der Waals surface area contributed by atoms with Crippen LogP contribution in [0.2, 0.25) is 10.0 Å². The number of aromatic nitrogens is 5. The first-order chi connectivity index (χ1) is 31.7. The van der Waals surface area contributed by atoms with Gasteiger partial charge in [-0.25, -0.2) is 4.79 Å². The molecule has 1 aliphatic heterocycles. The number of pyridine rings is 1. The van der Waals surface area contributed by atoms with Gasteiger partial charge in [-0.2, -0.15) is 5.10 Å². The fraction of sp³-hybridized carbons (Fsp3) is 0.283. The van der Waals surface area contributed by atoms with Gasteiger partial charge >= 0.3 is 5.97 Å². The molecule has 0 bridgehead atoms. The molecule has 13 heteroatoms. The van der Waals surface area contributed by atoms with Crippen LogP contribution in [-0.4, -0.2) is 56.0 Å². The lowest BCUT2D eigenvalue weighted by Gasteiger charge is -2.35. The normalized spacial score (nSPS) is 13.8. The van der Waals surface area contributed by atoms with Crippen LogP contribution in [0.15, 0.2) is 91.1 Å². The number of fused-ring (bicyclic) bond motifs is 4. The molecule has 0 radical (unpaired) electrons. The topological polar surface area (TPSA) is 106 Å². The highest BCUT2D eigenvalue weighted by atomic mass is 35.5. The zero-order valence-corrected chi connectivity index (χ0v) is 40.0. The molecule has 4 aromatic heterocycles. The number of amides is 1. The summed E-state index contributed by atoms with van der Waals surface area (Å²) in [7, 11) is 3.30. The van der Waals surface area contributed by atoms with Gasteiger partial charge in [-0.15, -0.1) is 0 Å². The van der Waals surface area contributed by atoms with E-state index < -0.39 is 5.97 Å². The molecule has 11 nitrogen and oxygen atoms in total. The maximum Gasteiger partial charge on any atom is 0.354 e. The summed E-state index contributed by atoms with van der Waals surface area (Å²) in [5, 5.41) is 7.70. The van der Waals surface area contributed by atoms with Gasteiger partial charge in [-0.3, -0.25) is 14.5 Å². The SMILES string of the molecule is COC(=O)c1cc2c(OCc3ccccc3)ccc(N3C[C@@H](C)n4c(c(CCCOc5cc(C)c(Cl)c(C)c5)c5ccc(Cl)c(-c6c(C)nn(C)c6C)c54)C3=O)c2n1Cc1cc(C)ccn1. The zero-order valence-electron chi connectivity index (χ0n) is 38.5. The van der Waals surface area contributed by atoms with E-state index in [0.717, 1.165) is 77.7 Å². The van der Waals surface area contributed by atoms with Gasteiger partial charge in [-0.1, -0.05) is 59.6 Å². The molecule has 66 heavy (non-hydrogen) atoms. The maximum atomic E-state index is 15.8. The summed E-state index contributed by atoms with van der Waals surface area (Å²) in [4.78, 5) is 36.1. The molecule has 9 rings (SSSR count). The molecule has 0 unspecified atom stereocenters. The second kappa shape index (κ2) is 18.0. The minimum atomic E-state index is -0.517. The summed E-state index contributed by atoms with van der Waals surface area (Å²) >= 11 is 13.7. The van der Waals surface area contributed by atoms with Crippen LogP contribution >= 0.6 is 23.2 Å². The maximum absolute atomic E-state index is 15.8. The van der Waals surface area contributed by atoms with Crippen molar-refractivity contribution in [2.75, 3.05) is 25.2 Å². The average molecular weight is 924 g/mol. The number of hydrogen-bond acceptors (Lipinski definition) is 7. The number of carbonyl (C=O) groups is 2. The molecule has 1 aliphatic rings. The molecule has 1 atom stereocenters. The lowest BCUT2D eigenvalue weighted by atomic mass is 9.98. The quantitative estimate of drug-likeness (QED) is 0.0837. The number of methoxy groups -OCH3 is 1. The average Bonchev–Trinajstić information content (AvgIpc) is 3.93. The van der Waals surface area contributed by atoms with Crippen molar-refractivity contribution in [2.24, 2.45) is 7.05 Å². The number of esters is 1. The van der Waals surface area contributed by atoms with Gasteiger partial charge in [0.1, 0.15) is 29.5 Å². The van der Waals surface area contributed by atoms with Crippen molar-refractivity contribution in [2.45, 2.75) is 73.6 Å². The minimum Gasteiger partial charge on any atom is -0.494 e. The lowest BCUT2D eigenvalue weighted by molar-refractivity contribution is 0.0589. The van der Waals surface area contributed by atoms with Crippen molar-refractivity contribution >= 4 is 62.6 Å². The summed E-state index contributed by atoms with van der Waals surface area (Å²) in [5.41, 5.74) is 12.3. The Balaban J connectivity index is 1.22. The molecule has 0 fully saturated rings. The van der Waals surface area contributed by atoms with E-state index in [1.54, 1.807) is 12.3 Å². The number of nitrogens with zero attached hydrogens (tertiary/aromatic N) is 6. The van der Waals surface area contributed by atoms with E-state index in [0.29, 0.717) is 71.4 Å². The Hall–Kier alpha value is -6.56. The summed E-state index contributed by atoms with van der Waals surface area (Å²) in [5.74, 6) is 0.627. The fourth-order valence-electron chi connectivity index (χ4n) is 9.64. The van der Waals surface area contributed by atoms with Gasteiger partial charge in [0, 0.05) is 58.4 Å². The van der Waals surface area contributed by atoms with Crippen LogP contribution < -0.4 is 14.4 Å². The molecule has 338 valence electrons. The Labute approximate surface area is 394 Å². The van der Waals surface area contributed by atoms with Crippen LogP contribution in [0.25, 0.3) is 32.9 Å². The van der Waals surface area contributed by atoms with Gasteiger partial charge in [0.2, 0.25) is 0 Å². The van der Waals surface area contributed by atoms with Crippen LogP contribution in [0.3, 0.4) is 0 Å². The van der Waals surface area contributed by atoms with E-state index in [2.05, 4.69) is 16.5 Å². The molecule has 0 spiro atoms. The standard InChI is InChI=1S/C53H52Cl2N6O5/c1-30-20-21-56-37(23-30)28-59-44(53(63)64-8)26-41-45(66-29-36-13-10-9-11-14-36)19-18-43(49(41)59)60-27-33(4)61-50-40(16-17-42(54)47(50)46-34(5)57-58(7)35(46)6)39(51(61)52(60)62)15-12-22-65-38-24-31(2)48(55)32(3)25-38/h9-11,13-14,16-21,23-26,33H,12,15,22,27-29H2,1-8H3/t33-/m1/s1. The molecular formula is C53H52Cl2N6O5. The highest BCUT2D eigenvalue weighted by molar-refractivity contribution is 6.35. The van der Waals surface area contributed by atoms with Crippen molar-refractivity contribution in [3.8, 4) is 22.6 Å². The number of benzene rings is 4. The molecule has 8 aromatic rings.